The summed E-state index contributed by atoms with van der Waals surface area (Å²) in [5.41, 5.74) is -0.682. The molecule has 16 heavy (non-hydrogen) atoms. The highest BCUT2D eigenvalue weighted by Gasteiger charge is 2.35. The highest BCUT2D eigenvalue weighted by molar-refractivity contribution is 5.47. The van der Waals surface area contributed by atoms with Gasteiger partial charge in [-0.1, -0.05) is 13.8 Å². The molecule has 2 nitrogen and oxygen atoms in total. The van der Waals surface area contributed by atoms with Gasteiger partial charge in [-0.25, -0.2) is 4.98 Å². The number of rotatable bonds is 3. The van der Waals surface area contributed by atoms with Gasteiger partial charge < -0.3 is 4.90 Å². The Hall–Kier alpha value is -1.26. The molecule has 0 saturated heterocycles. The second-order valence-electron chi connectivity index (χ2n) is 4.15. The summed E-state index contributed by atoms with van der Waals surface area (Å²) < 4.78 is 38.0. The zero-order valence-electron chi connectivity index (χ0n) is 9.54. The van der Waals surface area contributed by atoms with Gasteiger partial charge >= 0.3 is 6.18 Å². The van der Waals surface area contributed by atoms with Gasteiger partial charge in [0.25, 0.3) is 0 Å². The molecule has 0 spiro atoms. The summed E-state index contributed by atoms with van der Waals surface area (Å²) in [6, 6.07) is 2.36. The molecule has 1 rings (SSSR count). The van der Waals surface area contributed by atoms with Gasteiger partial charge in [-0.2, -0.15) is 13.2 Å². The summed E-state index contributed by atoms with van der Waals surface area (Å²) in [7, 11) is 1.62. The van der Waals surface area contributed by atoms with Crippen molar-refractivity contribution in [1.82, 2.24) is 4.98 Å². The Balaban J connectivity index is 3.04. The Kier molecular flexibility index (Phi) is 3.78. The van der Waals surface area contributed by atoms with Crippen LogP contribution in [0.2, 0.25) is 0 Å². The largest absolute Gasteiger partial charge is 0.419 e. The minimum absolute atomic E-state index is 0.0105. The predicted octanol–water partition coefficient (Wildman–Crippen LogP) is 3.19. The summed E-state index contributed by atoms with van der Waals surface area (Å²) in [4.78, 5) is 5.34. The van der Waals surface area contributed by atoms with E-state index in [1.165, 1.54) is 17.2 Å². The van der Waals surface area contributed by atoms with E-state index >= 15 is 0 Å². The standard InChI is InChI=1S/C11H15F3N2/c1-8(2)7-16(3)10-9(11(12,13)14)5-4-6-15-10/h4-6,8H,7H2,1-3H3. The van der Waals surface area contributed by atoms with E-state index in [0.717, 1.165) is 6.07 Å². The molecule has 0 atom stereocenters. The maximum absolute atomic E-state index is 12.7. The molecule has 1 heterocycles. The molecule has 0 aliphatic rings. The smallest absolute Gasteiger partial charge is 0.359 e. The van der Waals surface area contributed by atoms with Crippen LogP contribution in [0.25, 0.3) is 0 Å². The van der Waals surface area contributed by atoms with E-state index in [1.54, 1.807) is 7.05 Å². The molecular weight excluding hydrogens is 217 g/mol. The third-order valence-corrected chi connectivity index (χ3v) is 2.09. The molecule has 0 aromatic carbocycles. The molecule has 1 aromatic heterocycles. The lowest BCUT2D eigenvalue weighted by Gasteiger charge is -2.23. The second-order valence-corrected chi connectivity index (χ2v) is 4.15. The first kappa shape index (κ1) is 12.8. The monoisotopic (exact) mass is 232 g/mol. The van der Waals surface area contributed by atoms with Crippen molar-refractivity contribution in [2.24, 2.45) is 5.92 Å². The van der Waals surface area contributed by atoms with Gasteiger partial charge in [-0.05, 0) is 18.1 Å². The summed E-state index contributed by atoms with van der Waals surface area (Å²) in [5, 5.41) is 0. The number of pyridine rings is 1. The fraction of sp³-hybridized carbons (Fsp3) is 0.545. The lowest BCUT2D eigenvalue weighted by atomic mass is 10.2. The lowest BCUT2D eigenvalue weighted by Crippen LogP contribution is -2.26. The molecule has 0 aliphatic heterocycles. The first-order valence-electron chi connectivity index (χ1n) is 5.05. The lowest BCUT2D eigenvalue weighted by molar-refractivity contribution is -0.137. The molecule has 0 amide bonds. The van der Waals surface area contributed by atoms with Crippen LogP contribution in [-0.4, -0.2) is 18.6 Å². The number of alkyl halides is 3. The Bertz CT molecular complexity index is 347. The van der Waals surface area contributed by atoms with E-state index < -0.39 is 11.7 Å². The topological polar surface area (TPSA) is 16.1 Å². The average Bonchev–Trinajstić information content (AvgIpc) is 2.15. The van der Waals surface area contributed by atoms with Crippen molar-refractivity contribution < 1.29 is 13.2 Å². The number of halogens is 3. The van der Waals surface area contributed by atoms with Crippen molar-refractivity contribution >= 4 is 5.82 Å². The first-order valence-corrected chi connectivity index (χ1v) is 5.05. The predicted molar refractivity (Wildman–Crippen MR) is 57.3 cm³/mol. The number of nitrogens with zero attached hydrogens (tertiary/aromatic N) is 2. The van der Waals surface area contributed by atoms with Crippen LogP contribution in [0, 0.1) is 5.92 Å². The van der Waals surface area contributed by atoms with Crippen LogP contribution in [-0.2, 0) is 6.18 Å². The molecule has 0 saturated carbocycles. The van der Waals surface area contributed by atoms with Gasteiger partial charge in [-0.15, -0.1) is 0 Å². The second kappa shape index (κ2) is 4.72. The van der Waals surface area contributed by atoms with Crippen molar-refractivity contribution in [1.29, 1.82) is 0 Å². The molecule has 5 heteroatoms. The van der Waals surface area contributed by atoms with Crippen molar-refractivity contribution in [3.8, 4) is 0 Å². The van der Waals surface area contributed by atoms with Crippen LogP contribution in [0.4, 0.5) is 19.0 Å². The number of anilines is 1. The Labute approximate surface area is 93.1 Å². The van der Waals surface area contributed by atoms with Crippen molar-refractivity contribution in [2.45, 2.75) is 20.0 Å². The van der Waals surface area contributed by atoms with E-state index in [1.807, 2.05) is 13.8 Å². The third-order valence-electron chi connectivity index (χ3n) is 2.09. The molecule has 0 bridgehead atoms. The highest BCUT2D eigenvalue weighted by atomic mass is 19.4. The minimum Gasteiger partial charge on any atom is -0.359 e. The Morgan fingerprint density at radius 3 is 2.50 bits per heavy atom. The summed E-state index contributed by atoms with van der Waals surface area (Å²) in [6.45, 7) is 4.44. The van der Waals surface area contributed by atoms with Crippen LogP contribution in [0.3, 0.4) is 0 Å². The third kappa shape index (κ3) is 3.12. The van der Waals surface area contributed by atoms with Gasteiger partial charge in [-0.3, -0.25) is 0 Å². The molecule has 0 N–H and O–H groups in total. The van der Waals surface area contributed by atoms with Gasteiger partial charge in [0.2, 0.25) is 0 Å². The number of hydrogen-bond donors (Lipinski definition) is 0. The van der Waals surface area contributed by atoms with Gasteiger partial charge in [0.1, 0.15) is 5.82 Å². The van der Waals surface area contributed by atoms with Crippen molar-refractivity contribution in [3.05, 3.63) is 23.9 Å². The van der Waals surface area contributed by atoms with E-state index in [-0.39, 0.29) is 11.7 Å². The molecule has 0 aliphatic carbocycles. The maximum Gasteiger partial charge on any atom is 0.419 e. The van der Waals surface area contributed by atoms with Crippen molar-refractivity contribution in [2.75, 3.05) is 18.5 Å². The zero-order valence-corrected chi connectivity index (χ0v) is 9.54. The van der Waals surface area contributed by atoms with Crippen LogP contribution < -0.4 is 4.90 Å². The fourth-order valence-corrected chi connectivity index (χ4v) is 1.56. The van der Waals surface area contributed by atoms with Crippen molar-refractivity contribution in [3.63, 3.8) is 0 Å². The van der Waals surface area contributed by atoms with Crippen LogP contribution >= 0.6 is 0 Å². The minimum atomic E-state index is -4.35. The number of aromatic nitrogens is 1. The van der Waals surface area contributed by atoms with E-state index in [4.69, 9.17) is 0 Å². The van der Waals surface area contributed by atoms with Crippen LogP contribution in [0.5, 0.6) is 0 Å². The summed E-state index contributed by atoms with van der Waals surface area (Å²) in [5.74, 6) is 0.275. The normalized spacial score (nSPS) is 11.9. The van der Waals surface area contributed by atoms with E-state index in [0.29, 0.717) is 6.54 Å². The fourth-order valence-electron chi connectivity index (χ4n) is 1.56. The molecule has 0 radical (unpaired) electrons. The van der Waals surface area contributed by atoms with Gasteiger partial charge in [0.15, 0.2) is 0 Å². The average molecular weight is 232 g/mol. The highest BCUT2D eigenvalue weighted by Crippen LogP contribution is 2.34. The summed E-state index contributed by atoms with van der Waals surface area (Å²) in [6.07, 6.45) is -2.98. The SMILES string of the molecule is CC(C)CN(C)c1ncccc1C(F)(F)F. The Morgan fingerprint density at radius 1 is 1.38 bits per heavy atom. The van der Waals surface area contributed by atoms with Crippen LogP contribution in [0.1, 0.15) is 19.4 Å². The van der Waals surface area contributed by atoms with Crippen LogP contribution in [0.15, 0.2) is 18.3 Å². The Morgan fingerprint density at radius 2 is 2.00 bits per heavy atom. The van der Waals surface area contributed by atoms with Gasteiger partial charge in [0, 0.05) is 19.8 Å². The molecular formula is C11H15F3N2. The number of hydrogen-bond acceptors (Lipinski definition) is 2. The molecule has 0 unspecified atom stereocenters. The molecule has 90 valence electrons. The van der Waals surface area contributed by atoms with Gasteiger partial charge in [0.05, 0.1) is 5.56 Å². The molecule has 1 aromatic rings. The molecule has 0 fully saturated rings. The maximum atomic E-state index is 12.7. The van der Waals surface area contributed by atoms with E-state index in [2.05, 4.69) is 4.98 Å². The quantitative estimate of drug-likeness (QED) is 0.795. The first-order chi connectivity index (χ1) is 7.32. The zero-order chi connectivity index (χ0) is 12.3. The van der Waals surface area contributed by atoms with E-state index in [9.17, 15) is 13.2 Å². The summed E-state index contributed by atoms with van der Waals surface area (Å²) >= 11 is 0.